The molecule has 0 radical (unpaired) electrons. The lowest BCUT2D eigenvalue weighted by atomic mass is 10.1. The molecule has 0 amide bonds. The van der Waals surface area contributed by atoms with Crippen molar-refractivity contribution in [3.63, 3.8) is 0 Å². The van der Waals surface area contributed by atoms with Gasteiger partial charge in [-0.05, 0) is 36.9 Å². The van der Waals surface area contributed by atoms with Crippen LogP contribution in [0.2, 0.25) is 0 Å². The van der Waals surface area contributed by atoms with Crippen molar-refractivity contribution in [2.45, 2.75) is 32.6 Å². The molecule has 0 saturated carbocycles. The minimum atomic E-state index is 0.536. The van der Waals surface area contributed by atoms with Crippen LogP contribution >= 0.6 is 11.3 Å². The first-order valence-electron chi connectivity index (χ1n) is 6.75. The molecule has 0 aromatic carbocycles. The Morgan fingerprint density at radius 2 is 2.16 bits per heavy atom. The third-order valence-electron chi connectivity index (χ3n) is 3.44. The SMILES string of the molecule is CCc1cc(-c2nc(N3CCCCC3)no2)c(N)s1. The number of piperidine rings is 1. The Labute approximate surface area is 116 Å². The van der Waals surface area contributed by atoms with Crippen LogP contribution < -0.4 is 10.6 Å². The van der Waals surface area contributed by atoms with Crippen LogP contribution in [0.5, 0.6) is 0 Å². The molecular weight excluding hydrogens is 260 g/mol. The predicted octanol–water partition coefficient (Wildman–Crippen LogP) is 2.93. The molecule has 3 heterocycles. The van der Waals surface area contributed by atoms with E-state index in [-0.39, 0.29) is 0 Å². The first kappa shape index (κ1) is 12.5. The van der Waals surface area contributed by atoms with Gasteiger partial charge >= 0.3 is 0 Å². The van der Waals surface area contributed by atoms with E-state index in [4.69, 9.17) is 10.3 Å². The first-order valence-corrected chi connectivity index (χ1v) is 7.57. The Kier molecular flexibility index (Phi) is 3.42. The molecule has 0 bridgehead atoms. The Balaban J connectivity index is 1.85. The Hall–Kier alpha value is -1.56. The maximum atomic E-state index is 6.01. The summed E-state index contributed by atoms with van der Waals surface area (Å²) in [5.74, 6) is 1.23. The van der Waals surface area contributed by atoms with Crippen LogP contribution in [0.4, 0.5) is 10.9 Å². The monoisotopic (exact) mass is 278 g/mol. The first-order chi connectivity index (χ1) is 9.28. The van der Waals surface area contributed by atoms with Crippen LogP contribution in [0.15, 0.2) is 10.6 Å². The zero-order valence-electron chi connectivity index (χ0n) is 11.1. The second-order valence-corrected chi connectivity index (χ2v) is 5.96. The van der Waals surface area contributed by atoms with Crippen molar-refractivity contribution in [2.24, 2.45) is 0 Å². The summed E-state index contributed by atoms with van der Waals surface area (Å²) >= 11 is 1.59. The average Bonchev–Trinajstić information content (AvgIpc) is 3.06. The second-order valence-electron chi connectivity index (χ2n) is 4.79. The number of aromatic nitrogens is 2. The van der Waals surface area contributed by atoms with Crippen molar-refractivity contribution < 1.29 is 4.52 Å². The highest BCUT2D eigenvalue weighted by Gasteiger charge is 2.19. The normalized spacial score (nSPS) is 15.9. The highest BCUT2D eigenvalue weighted by atomic mass is 32.1. The van der Waals surface area contributed by atoms with E-state index in [1.807, 2.05) is 6.07 Å². The lowest BCUT2D eigenvalue weighted by Crippen LogP contribution is -2.30. The van der Waals surface area contributed by atoms with Crippen LogP contribution in [-0.4, -0.2) is 23.2 Å². The van der Waals surface area contributed by atoms with Crippen LogP contribution in [0.3, 0.4) is 0 Å². The number of anilines is 2. The van der Waals surface area contributed by atoms with E-state index < -0.39 is 0 Å². The molecule has 102 valence electrons. The third kappa shape index (κ3) is 2.45. The number of hydrogen-bond acceptors (Lipinski definition) is 6. The minimum Gasteiger partial charge on any atom is -0.390 e. The maximum Gasteiger partial charge on any atom is 0.266 e. The molecule has 1 aliphatic rings. The van der Waals surface area contributed by atoms with Crippen LogP contribution in [0.1, 0.15) is 31.1 Å². The number of hydrogen-bond donors (Lipinski definition) is 1. The summed E-state index contributed by atoms with van der Waals surface area (Å²) in [4.78, 5) is 7.91. The summed E-state index contributed by atoms with van der Waals surface area (Å²) in [6.45, 7) is 4.14. The number of nitrogen functional groups attached to an aromatic ring is 1. The second kappa shape index (κ2) is 5.21. The summed E-state index contributed by atoms with van der Waals surface area (Å²) in [5.41, 5.74) is 6.89. The Bertz CT molecular complexity index is 557. The molecule has 1 fully saturated rings. The van der Waals surface area contributed by atoms with Crippen LogP contribution in [0.25, 0.3) is 11.5 Å². The Morgan fingerprint density at radius 3 is 2.84 bits per heavy atom. The smallest absolute Gasteiger partial charge is 0.266 e. The van der Waals surface area contributed by atoms with Gasteiger partial charge in [0.1, 0.15) is 0 Å². The summed E-state index contributed by atoms with van der Waals surface area (Å²) in [7, 11) is 0. The van der Waals surface area contributed by atoms with Crippen LogP contribution in [-0.2, 0) is 6.42 Å². The molecule has 0 aliphatic carbocycles. The quantitative estimate of drug-likeness (QED) is 0.935. The van der Waals surface area contributed by atoms with E-state index in [1.165, 1.54) is 24.1 Å². The highest BCUT2D eigenvalue weighted by Crippen LogP contribution is 2.34. The van der Waals surface area contributed by atoms with Crippen LogP contribution in [0, 0.1) is 0 Å². The number of nitrogens with two attached hydrogens (primary N) is 1. The van der Waals surface area contributed by atoms with E-state index in [2.05, 4.69) is 22.0 Å². The van der Waals surface area contributed by atoms with Gasteiger partial charge in [-0.15, -0.1) is 11.3 Å². The highest BCUT2D eigenvalue weighted by molar-refractivity contribution is 7.16. The van der Waals surface area contributed by atoms with E-state index in [1.54, 1.807) is 11.3 Å². The van der Waals surface area contributed by atoms with Gasteiger partial charge < -0.3 is 15.2 Å². The van der Waals surface area contributed by atoms with Crippen molar-refractivity contribution >= 4 is 22.3 Å². The van der Waals surface area contributed by atoms with Gasteiger partial charge in [-0.3, -0.25) is 0 Å². The lowest BCUT2D eigenvalue weighted by molar-refractivity contribution is 0.426. The largest absolute Gasteiger partial charge is 0.390 e. The average molecular weight is 278 g/mol. The third-order valence-corrected chi connectivity index (χ3v) is 4.55. The van der Waals surface area contributed by atoms with E-state index >= 15 is 0 Å². The van der Waals surface area contributed by atoms with Crippen molar-refractivity contribution in [1.29, 1.82) is 0 Å². The van der Waals surface area contributed by atoms with E-state index in [0.29, 0.717) is 11.8 Å². The number of thiophene rings is 1. The molecule has 3 rings (SSSR count). The van der Waals surface area contributed by atoms with Gasteiger partial charge in [0.2, 0.25) is 0 Å². The summed E-state index contributed by atoms with van der Waals surface area (Å²) in [6, 6.07) is 2.05. The summed E-state index contributed by atoms with van der Waals surface area (Å²) in [6.07, 6.45) is 4.66. The molecule has 5 nitrogen and oxygen atoms in total. The zero-order valence-corrected chi connectivity index (χ0v) is 11.9. The summed E-state index contributed by atoms with van der Waals surface area (Å²) in [5, 5.41) is 4.84. The van der Waals surface area contributed by atoms with Gasteiger partial charge in [-0.1, -0.05) is 6.92 Å². The number of rotatable bonds is 3. The van der Waals surface area contributed by atoms with Crippen molar-refractivity contribution in [2.75, 3.05) is 23.7 Å². The fourth-order valence-corrected chi connectivity index (χ4v) is 3.21. The van der Waals surface area contributed by atoms with E-state index in [9.17, 15) is 0 Å². The molecule has 2 aromatic heterocycles. The topological polar surface area (TPSA) is 68.2 Å². The molecule has 2 N–H and O–H groups in total. The fraction of sp³-hybridized carbons (Fsp3) is 0.538. The molecule has 1 saturated heterocycles. The minimum absolute atomic E-state index is 0.536. The van der Waals surface area contributed by atoms with Gasteiger partial charge in [0.25, 0.3) is 11.8 Å². The van der Waals surface area contributed by atoms with Gasteiger partial charge in [0, 0.05) is 18.0 Å². The number of nitrogens with zero attached hydrogens (tertiary/aromatic N) is 3. The molecule has 1 aliphatic heterocycles. The maximum absolute atomic E-state index is 6.01. The molecule has 0 atom stereocenters. The Morgan fingerprint density at radius 1 is 1.37 bits per heavy atom. The standard InChI is InChI=1S/C13H18N4OS/c1-2-9-8-10(11(14)19-9)12-15-13(16-18-12)17-6-4-3-5-7-17/h8H,2-7,14H2,1H3. The molecular formula is C13H18N4OS. The van der Waals surface area contributed by atoms with Gasteiger partial charge in [-0.25, -0.2) is 0 Å². The zero-order chi connectivity index (χ0) is 13.2. The molecule has 0 unspecified atom stereocenters. The molecule has 6 heteroatoms. The molecule has 19 heavy (non-hydrogen) atoms. The van der Waals surface area contributed by atoms with Crippen molar-refractivity contribution in [3.05, 3.63) is 10.9 Å². The summed E-state index contributed by atoms with van der Waals surface area (Å²) < 4.78 is 5.37. The van der Waals surface area contributed by atoms with Crippen molar-refractivity contribution in [1.82, 2.24) is 10.1 Å². The molecule has 2 aromatic rings. The van der Waals surface area contributed by atoms with Gasteiger partial charge in [-0.2, -0.15) is 4.98 Å². The van der Waals surface area contributed by atoms with Gasteiger partial charge in [0.05, 0.1) is 10.6 Å². The number of aryl methyl sites for hydroxylation is 1. The predicted molar refractivity (Wildman–Crippen MR) is 77.5 cm³/mol. The van der Waals surface area contributed by atoms with Crippen molar-refractivity contribution in [3.8, 4) is 11.5 Å². The van der Waals surface area contributed by atoms with E-state index in [0.717, 1.165) is 30.1 Å². The lowest BCUT2D eigenvalue weighted by Gasteiger charge is -2.24. The fourth-order valence-electron chi connectivity index (χ4n) is 2.35. The van der Waals surface area contributed by atoms with Gasteiger partial charge in [0.15, 0.2) is 0 Å². The molecule has 0 spiro atoms.